The zero-order chi connectivity index (χ0) is 16.5. The van der Waals surface area contributed by atoms with Crippen LogP contribution in [-0.4, -0.2) is 5.91 Å². The molecule has 2 nitrogen and oxygen atoms in total. The van der Waals surface area contributed by atoms with Crippen molar-refractivity contribution in [2.45, 2.75) is 12.3 Å². The predicted octanol–water partition coefficient (Wildman–Crippen LogP) is 5.48. The second-order valence-electron chi connectivity index (χ2n) is 6.02. The van der Waals surface area contributed by atoms with E-state index in [9.17, 15) is 4.79 Å². The Balaban J connectivity index is 1.77. The summed E-state index contributed by atoms with van der Waals surface area (Å²) >= 11 is 5.99. The number of carbonyl (C=O) groups is 1. The number of halogens is 1. The molecule has 1 N–H and O–H groups in total. The van der Waals surface area contributed by atoms with E-state index in [0.29, 0.717) is 11.4 Å². The van der Waals surface area contributed by atoms with E-state index < -0.39 is 0 Å². The smallest absolute Gasteiger partial charge is 0.225 e. The largest absolute Gasteiger partial charge is 0.326 e. The third-order valence-corrected chi connectivity index (χ3v) is 4.72. The summed E-state index contributed by atoms with van der Waals surface area (Å²) in [7, 11) is 0. The summed E-state index contributed by atoms with van der Waals surface area (Å²) in [6.45, 7) is 0. The highest BCUT2D eigenvalue weighted by Gasteiger charge is 2.26. The average molecular weight is 334 g/mol. The van der Waals surface area contributed by atoms with Gasteiger partial charge in [0.15, 0.2) is 0 Å². The van der Waals surface area contributed by atoms with Crippen LogP contribution in [0.1, 0.15) is 23.5 Å². The highest BCUT2D eigenvalue weighted by molar-refractivity contribution is 6.30. The van der Waals surface area contributed by atoms with Crippen molar-refractivity contribution in [2.24, 2.45) is 0 Å². The molecule has 118 valence electrons. The number of anilines is 1. The van der Waals surface area contributed by atoms with Crippen LogP contribution in [-0.2, 0) is 4.79 Å². The molecule has 3 aromatic rings. The van der Waals surface area contributed by atoms with Crippen molar-refractivity contribution in [3.05, 3.63) is 88.9 Å². The minimum atomic E-state index is 0.0488. The minimum absolute atomic E-state index is 0.0488. The van der Waals surface area contributed by atoms with Crippen LogP contribution < -0.4 is 5.32 Å². The van der Waals surface area contributed by atoms with Gasteiger partial charge in [0.1, 0.15) is 0 Å². The third-order valence-electron chi connectivity index (χ3n) is 4.47. The summed E-state index contributed by atoms with van der Waals surface area (Å²) in [6, 6.07) is 24.2. The van der Waals surface area contributed by atoms with Crippen molar-refractivity contribution < 1.29 is 4.79 Å². The van der Waals surface area contributed by atoms with Gasteiger partial charge in [-0.2, -0.15) is 0 Å². The van der Waals surface area contributed by atoms with E-state index in [4.69, 9.17) is 11.6 Å². The van der Waals surface area contributed by atoms with E-state index >= 15 is 0 Å². The van der Waals surface area contributed by atoms with Crippen LogP contribution in [0, 0.1) is 0 Å². The van der Waals surface area contributed by atoms with E-state index in [1.54, 1.807) is 0 Å². The van der Waals surface area contributed by atoms with Gasteiger partial charge < -0.3 is 5.32 Å². The lowest BCUT2D eigenvalue weighted by molar-refractivity contribution is -0.116. The first-order chi connectivity index (χ1) is 11.7. The molecule has 24 heavy (non-hydrogen) atoms. The molecule has 0 bridgehead atoms. The Morgan fingerprint density at radius 3 is 2.38 bits per heavy atom. The number of rotatable bonds is 2. The Morgan fingerprint density at radius 2 is 1.62 bits per heavy atom. The number of nitrogens with one attached hydrogen (secondary N) is 1. The topological polar surface area (TPSA) is 29.1 Å². The maximum absolute atomic E-state index is 12.2. The molecule has 3 heteroatoms. The molecule has 1 aliphatic rings. The molecule has 0 fully saturated rings. The van der Waals surface area contributed by atoms with E-state index in [-0.39, 0.29) is 11.8 Å². The minimum Gasteiger partial charge on any atom is -0.326 e. The number of benzene rings is 3. The van der Waals surface area contributed by atoms with E-state index in [2.05, 4.69) is 35.6 Å². The van der Waals surface area contributed by atoms with Crippen molar-refractivity contribution in [1.29, 1.82) is 0 Å². The van der Waals surface area contributed by atoms with Gasteiger partial charge in [-0.15, -0.1) is 0 Å². The molecule has 0 spiro atoms. The summed E-state index contributed by atoms with van der Waals surface area (Å²) in [4.78, 5) is 12.2. The van der Waals surface area contributed by atoms with Crippen molar-refractivity contribution in [3.8, 4) is 11.1 Å². The van der Waals surface area contributed by atoms with Crippen molar-refractivity contribution in [1.82, 2.24) is 0 Å². The van der Waals surface area contributed by atoms with Crippen LogP contribution in [0.4, 0.5) is 5.69 Å². The quantitative estimate of drug-likeness (QED) is 0.661. The zero-order valence-corrected chi connectivity index (χ0v) is 13.8. The number of amides is 1. The molecule has 0 aromatic heterocycles. The molecular weight excluding hydrogens is 318 g/mol. The molecule has 1 atom stereocenters. The Labute approximate surface area is 146 Å². The number of fused-ring (bicyclic) bond motifs is 1. The van der Waals surface area contributed by atoms with Gasteiger partial charge in [-0.3, -0.25) is 4.79 Å². The fourth-order valence-corrected chi connectivity index (χ4v) is 3.39. The maximum Gasteiger partial charge on any atom is 0.225 e. The Kier molecular flexibility index (Phi) is 3.83. The summed E-state index contributed by atoms with van der Waals surface area (Å²) in [5.41, 5.74) is 5.40. The van der Waals surface area contributed by atoms with Gasteiger partial charge in [-0.25, -0.2) is 0 Å². The predicted molar refractivity (Wildman–Crippen MR) is 98.4 cm³/mol. The molecule has 0 saturated carbocycles. The van der Waals surface area contributed by atoms with Gasteiger partial charge in [0, 0.05) is 23.0 Å². The third kappa shape index (κ3) is 2.81. The first-order valence-electron chi connectivity index (χ1n) is 7.95. The average Bonchev–Trinajstić information content (AvgIpc) is 2.62. The highest BCUT2D eigenvalue weighted by Crippen LogP contribution is 2.39. The number of carbonyl (C=O) groups excluding carboxylic acids is 1. The van der Waals surface area contributed by atoms with Gasteiger partial charge in [0.2, 0.25) is 5.91 Å². The van der Waals surface area contributed by atoms with Crippen molar-refractivity contribution >= 4 is 23.2 Å². The Bertz CT molecular complexity index is 887. The van der Waals surface area contributed by atoms with E-state index in [0.717, 1.165) is 27.9 Å². The van der Waals surface area contributed by atoms with Crippen LogP contribution in [0.2, 0.25) is 5.02 Å². The molecule has 1 amide bonds. The van der Waals surface area contributed by atoms with Crippen LogP contribution in [0.5, 0.6) is 0 Å². The number of hydrogen-bond donors (Lipinski definition) is 1. The lowest BCUT2D eigenvalue weighted by Gasteiger charge is -2.26. The molecule has 4 rings (SSSR count). The summed E-state index contributed by atoms with van der Waals surface area (Å²) in [5, 5.41) is 3.72. The summed E-state index contributed by atoms with van der Waals surface area (Å²) in [5.74, 6) is 0.114. The van der Waals surface area contributed by atoms with Crippen LogP contribution in [0.3, 0.4) is 0 Å². The molecule has 1 heterocycles. The molecule has 1 aliphatic heterocycles. The van der Waals surface area contributed by atoms with E-state index in [1.807, 2.05) is 42.5 Å². The summed E-state index contributed by atoms with van der Waals surface area (Å²) < 4.78 is 0. The first kappa shape index (κ1) is 15.0. The Hall–Kier alpha value is -2.58. The standard InChI is InChI=1S/C21H16ClNO/c22-17-9-6-15(7-10-17)19-13-21(24)23-20-12-16(8-11-18(19)20)14-4-2-1-3-5-14/h1-12,19H,13H2,(H,23,24). The number of hydrogen-bond acceptors (Lipinski definition) is 1. The molecule has 0 aliphatic carbocycles. The van der Waals surface area contributed by atoms with Crippen LogP contribution >= 0.6 is 11.6 Å². The Morgan fingerprint density at radius 1 is 0.875 bits per heavy atom. The lowest BCUT2D eigenvalue weighted by Crippen LogP contribution is -2.23. The van der Waals surface area contributed by atoms with Gasteiger partial charge in [0.25, 0.3) is 0 Å². The monoisotopic (exact) mass is 333 g/mol. The van der Waals surface area contributed by atoms with Crippen molar-refractivity contribution in [3.63, 3.8) is 0 Å². The van der Waals surface area contributed by atoms with Crippen LogP contribution in [0.15, 0.2) is 72.8 Å². The molecule has 3 aromatic carbocycles. The van der Waals surface area contributed by atoms with Gasteiger partial charge in [-0.1, -0.05) is 66.2 Å². The second-order valence-corrected chi connectivity index (χ2v) is 6.46. The molecule has 0 radical (unpaired) electrons. The fraction of sp³-hybridized carbons (Fsp3) is 0.0952. The van der Waals surface area contributed by atoms with Gasteiger partial charge >= 0.3 is 0 Å². The lowest BCUT2D eigenvalue weighted by atomic mass is 9.84. The fourth-order valence-electron chi connectivity index (χ4n) is 3.27. The van der Waals surface area contributed by atoms with E-state index in [1.165, 1.54) is 0 Å². The molecular formula is C21H16ClNO. The SMILES string of the molecule is O=C1CC(c2ccc(Cl)cc2)c2ccc(-c3ccccc3)cc2N1. The normalized spacial score (nSPS) is 16.4. The first-order valence-corrected chi connectivity index (χ1v) is 8.33. The summed E-state index contributed by atoms with van der Waals surface area (Å²) in [6.07, 6.45) is 0.458. The zero-order valence-electron chi connectivity index (χ0n) is 13.0. The highest BCUT2D eigenvalue weighted by atomic mass is 35.5. The van der Waals surface area contributed by atoms with Crippen molar-refractivity contribution in [2.75, 3.05) is 5.32 Å². The molecule has 1 unspecified atom stereocenters. The van der Waals surface area contributed by atoms with Crippen LogP contribution in [0.25, 0.3) is 11.1 Å². The van der Waals surface area contributed by atoms with Gasteiger partial charge in [-0.05, 0) is 40.5 Å². The second kappa shape index (κ2) is 6.14. The maximum atomic E-state index is 12.2. The molecule has 0 saturated heterocycles. The van der Waals surface area contributed by atoms with Gasteiger partial charge in [0.05, 0.1) is 0 Å².